The van der Waals surface area contributed by atoms with Gasteiger partial charge in [-0.05, 0) is 24.8 Å². The molecule has 0 aliphatic rings. The normalized spacial score (nSPS) is 10.2. The molecule has 2 amide bonds. The van der Waals surface area contributed by atoms with Crippen LogP contribution in [0.4, 0.5) is 5.69 Å². The zero-order valence-electron chi connectivity index (χ0n) is 12.3. The summed E-state index contributed by atoms with van der Waals surface area (Å²) in [4.78, 5) is 26.2. The second kappa shape index (κ2) is 8.64. The van der Waals surface area contributed by atoms with Gasteiger partial charge in [-0.3, -0.25) is 9.59 Å². The first-order valence-corrected chi connectivity index (χ1v) is 7.97. The third-order valence-corrected chi connectivity index (χ3v) is 3.73. The number of carbonyl (C=O) groups excluding carboxylic acids is 2. The molecule has 0 aliphatic heterocycles. The van der Waals surface area contributed by atoms with Gasteiger partial charge in [0.25, 0.3) is 0 Å². The van der Waals surface area contributed by atoms with Gasteiger partial charge in [0.1, 0.15) is 0 Å². The standard InChI is InChI=1S/C15H22N2O2S/c1-4-5-10-15(19)17(2)11-14(18)16-12-8-6-7-9-13(12)20-3/h6-9H,4-5,10-11H2,1-3H3,(H,16,18). The van der Waals surface area contributed by atoms with Gasteiger partial charge in [0.15, 0.2) is 0 Å². The Morgan fingerprint density at radius 3 is 2.65 bits per heavy atom. The van der Waals surface area contributed by atoms with Gasteiger partial charge in [-0.2, -0.15) is 0 Å². The molecule has 0 saturated heterocycles. The number of unbranched alkanes of at least 4 members (excludes halogenated alkanes) is 1. The van der Waals surface area contributed by atoms with Crippen LogP contribution in [-0.2, 0) is 9.59 Å². The molecule has 5 heteroatoms. The summed E-state index contributed by atoms with van der Waals surface area (Å²) < 4.78 is 0. The van der Waals surface area contributed by atoms with Crippen molar-refractivity contribution in [3.63, 3.8) is 0 Å². The topological polar surface area (TPSA) is 49.4 Å². The molecule has 0 saturated carbocycles. The van der Waals surface area contributed by atoms with Gasteiger partial charge in [-0.25, -0.2) is 0 Å². The molecule has 0 aliphatic carbocycles. The highest BCUT2D eigenvalue weighted by Crippen LogP contribution is 2.24. The Bertz CT molecular complexity index is 463. The van der Waals surface area contributed by atoms with Crippen LogP contribution in [0.25, 0.3) is 0 Å². The molecule has 1 rings (SSSR count). The lowest BCUT2D eigenvalue weighted by molar-refractivity contribution is -0.133. The summed E-state index contributed by atoms with van der Waals surface area (Å²) in [6.07, 6.45) is 4.31. The highest BCUT2D eigenvalue weighted by atomic mass is 32.2. The first kappa shape index (κ1) is 16.6. The largest absolute Gasteiger partial charge is 0.336 e. The first-order valence-electron chi connectivity index (χ1n) is 6.75. The van der Waals surface area contributed by atoms with Crippen LogP contribution in [0.5, 0.6) is 0 Å². The zero-order valence-corrected chi connectivity index (χ0v) is 13.1. The van der Waals surface area contributed by atoms with E-state index in [1.54, 1.807) is 18.8 Å². The zero-order chi connectivity index (χ0) is 15.0. The summed E-state index contributed by atoms with van der Waals surface area (Å²) in [5.41, 5.74) is 0.791. The minimum atomic E-state index is -0.168. The van der Waals surface area contributed by atoms with Crippen molar-refractivity contribution < 1.29 is 9.59 Å². The number of thioether (sulfide) groups is 1. The summed E-state index contributed by atoms with van der Waals surface area (Å²) in [6, 6.07) is 7.63. The van der Waals surface area contributed by atoms with E-state index in [2.05, 4.69) is 5.32 Å². The molecule has 0 bridgehead atoms. The fourth-order valence-corrected chi connectivity index (χ4v) is 2.31. The quantitative estimate of drug-likeness (QED) is 0.787. The van der Waals surface area contributed by atoms with E-state index >= 15 is 0 Å². The number of anilines is 1. The Balaban J connectivity index is 2.53. The lowest BCUT2D eigenvalue weighted by atomic mass is 10.2. The van der Waals surface area contributed by atoms with E-state index in [-0.39, 0.29) is 18.4 Å². The molecule has 0 spiro atoms. The number of hydrogen-bond donors (Lipinski definition) is 1. The molecule has 4 nitrogen and oxygen atoms in total. The first-order chi connectivity index (χ1) is 9.58. The van der Waals surface area contributed by atoms with Crippen LogP contribution in [0.3, 0.4) is 0 Å². The van der Waals surface area contributed by atoms with Crippen molar-refractivity contribution in [2.75, 3.05) is 25.2 Å². The second-order valence-electron chi connectivity index (χ2n) is 4.60. The maximum absolute atomic E-state index is 12.0. The number of nitrogens with zero attached hydrogens (tertiary/aromatic N) is 1. The molecule has 0 unspecified atom stereocenters. The summed E-state index contributed by atoms with van der Waals surface area (Å²) in [5, 5.41) is 2.85. The van der Waals surface area contributed by atoms with E-state index < -0.39 is 0 Å². The third-order valence-electron chi connectivity index (χ3n) is 2.93. The Labute approximate surface area is 124 Å². The monoisotopic (exact) mass is 294 g/mol. The van der Waals surface area contributed by atoms with Crippen molar-refractivity contribution in [3.8, 4) is 0 Å². The number of nitrogens with one attached hydrogen (secondary N) is 1. The smallest absolute Gasteiger partial charge is 0.244 e. The molecule has 1 aromatic carbocycles. The number of hydrogen-bond acceptors (Lipinski definition) is 3. The van der Waals surface area contributed by atoms with Crippen LogP contribution >= 0.6 is 11.8 Å². The van der Waals surface area contributed by atoms with E-state index in [9.17, 15) is 9.59 Å². The molecular weight excluding hydrogens is 272 g/mol. The molecule has 20 heavy (non-hydrogen) atoms. The van der Waals surface area contributed by atoms with Crippen LogP contribution in [0, 0.1) is 0 Å². The van der Waals surface area contributed by atoms with Crippen molar-refractivity contribution in [1.29, 1.82) is 0 Å². The van der Waals surface area contributed by atoms with Crippen LogP contribution in [0.1, 0.15) is 26.2 Å². The van der Waals surface area contributed by atoms with Gasteiger partial charge in [-0.15, -0.1) is 11.8 Å². The summed E-state index contributed by atoms with van der Waals surface area (Å²) in [7, 11) is 1.66. The molecule has 110 valence electrons. The Morgan fingerprint density at radius 1 is 1.30 bits per heavy atom. The molecule has 0 aromatic heterocycles. The van der Waals surface area contributed by atoms with Crippen LogP contribution in [0.15, 0.2) is 29.2 Å². The maximum Gasteiger partial charge on any atom is 0.244 e. The predicted octanol–water partition coefficient (Wildman–Crippen LogP) is 3.00. The molecule has 0 heterocycles. The average molecular weight is 294 g/mol. The van der Waals surface area contributed by atoms with E-state index in [1.807, 2.05) is 37.4 Å². The van der Waals surface area contributed by atoms with E-state index in [4.69, 9.17) is 0 Å². The molecule has 0 atom stereocenters. The number of para-hydroxylation sites is 1. The van der Waals surface area contributed by atoms with Gasteiger partial charge in [-0.1, -0.05) is 25.5 Å². The molecule has 1 aromatic rings. The third kappa shape index (κ3) is 5.25. The minimum Gasteiger partial charge on any atom is -0.336 e. The highest BCUT2D eigenvalue weighted by Gasteiger charge is 2.13. The molecular formula is C15H22N2O2S. The SMILES string of the molecule is CCCCC(=O)N(C)CC(=O)Nc1ccccc1SC. The van der Waals surface area contributed by atoms with Crippen molar-refractivity contribution in [2.45, 2.75) is 31.1 Å². The number of carbonyl (C=O) groups is 2. The molecule has 0 radical (unpaired) electrons. The lowest BCUT2D eigenvalue weighted by Gasteiger charge is -2.17. The van der Waals surface area contributed by atoms with E-state index in [0.29, 0.717) is 6.42 Å². The van der Waals surface area contributed by atoms with Gasteiger partial charge >= 0.3 is 0 Å². The number of benzene rings is 1. The van der Waals surface area contributed by atoms with E-state index in [0.717, 1.165) is 23.4 Å². The molecule has 0 fully saturated rings. The van der Waals surface area contributed by atoms with Gasteiger partial charge in [0, 0.05) is 18.4 Å². The minimum absolute atomic E-state index is 0.0140. The Kier molecular flexibility index (Phi) is 7.15. The summed E-state index contributed by atoms with van der Waals surface area (Å²) >= 11 is 1.58. The number of amides is 2. The average Bonchev–Trinajstić information content (AvgIpc) is 2.45. The van der Waals surface area contributed by atoms with Crippen molar-refractivity contribution >= 4 is 29.3 Å². The fraction of sp³-hybridized carbons (Fsp3) is 0.467. The van der Waals surface area contributed by atoms with E-state index in [1.165, 1.54) is 4.90 Å². The second-order valence-corrected chi connectivity index (χ2v) is 5.45. The van der Waals surface area contributed by atoms with Crippen molar-refractivity contribution in [1.82, 2.24) is 4.90 Å². The summed E-state index contributed by atoms with van der Waals surface area (Å²) in [5.74, 6) is -0.154. The lowest BCUT2D eigenvalue weighted by Crippen LogP contribution is -2.34. The van der Waals surface area contributed by atoms with Gasteiger partial charge in [0.05, 0.1) is 12.2 Å². The highest BCUT2D eigenvalue weighted by molar-refractivity contribution is 7.98. The summed E-state index contributed by atoms with van der Waals surface area (Å²) in [6.45, 7) is 2.13. The number of likely N-dealkylation sites (N-methyl/N-ethyl adjacent to an activating group) is 1. The van der Waals surface area contributed by atoms with Gasteiger partial charge in [0.2, 0.25) is 11.8 Å². The molecule has 1 N–H and O–H groups in total. The Hall–Kier alpha value is -1.49. The van der Waals surface area contributed by atoms with Crippen LogP contribution in [0.2, 0.25) is 0 Å². The van der Waals surface area contributed by atoms with Crippen LogP contribution in [-0.4, -0.2) is 36.6 Å². The fourth-order valence-electron chi connectivity index (χ4n) is 1.76. The van der Waals surface area contributed by atoms with Crippen molar-refractivity contribution in [2.24, 2.45) is 0 Å². The van der Waals surface area contributed by atoms with Gasteiger partial charge < -0.3 is 10.2 Å². The predicted molar refractivity (Wildman–Crippen MR) is 84.0 cm³/mol. The van der Waals surface area contributed by atoms with Crippen LogP contribution < -0.4 is 5.32 Å². The Morgan fingerprint density at radius 2 is 2.00 bits per heavy atom. The maximum atomic E-state index is 12.0. The number of rotatable bonds is 7. The van der Waals surface area contributed by atoms with Crippen molar-refractivity contribution in [3.05, 3.63) is 24.3 Å².